The fraction of sp³-hybridized carbons (Fsp3) is 0.600. The highest BCUT2D eigenvalue weighted by atomic mass is 16.4. The number of imidazole rings is 1. The molecule has 1 rings (SSSR count). The zero-order chi connectivity index (χ0) is 25.7. The molecular weight excluding hydrogens is 450 g/mol. The Morgan fingerprint density at radius 2 is 1.68 bits per heavy atom. The molecule has 0 spiro atoms. The van der Waals surface area contributed by atoms with Gasteiger partial charge in [-0.25, -0.2) is 9.78 Å². The van der Waals surface area contributed by atoms with Crippen LogP contribution in [0.5, 0.6) is 0 Å². The molecule has 34 heavy (non-hydrogen) atoms. The van der Waals surface area contributed by atoms with Crippen LogP contribution in [0.4, 0.5) is 0 Å². The van der Waals surface area contributed by atoms with Crippen molar-refractivity contribution in [3.05, 3.63) is 18.2 Å². The summed E-state index contributed by atoms with van der Waals surface area (Å²) in [6, 6.07) is -4.52. The van der Waals surface area contributed by atoms with E-state index in [2.05, 4.69) is 25.9 Å². The summed E-state index contributed by atoms with van der Waals surface area (Å²) >= 11 is 0. The molecule has 1 heterocycles. The maximum atomic E-state index is 12.7. The quantitative estimate of drug-likeness (QED) is 0.118. The van der Waals surface area contributed by atoms with Crippen LogP contribution < -0.4 is 27.4 Å². The van der Waals surface area contributed by atoms with Crippen molar-refractivity contribution in [2.24, 2.45) is 11.5 Å². The summed E-state index contributed by atoms with van der Waals surface area (Å²) in [6.45, 7) is 1.78. The smallest absolute Gasteiger partial charge is 0.326 e. The summed E-state index contributed by atoms with van der Waals surface area (Å²) in [4.78, 5) is 66.4. The van der Waals surface area contributed by atoms with Crippen molar-refractivity contribution in [2.75, 3.05) is 6.54 Å². The highest BCUT2D eigenvalue weighted by molar-refractivity contribution is 5.94. The lowest BCUT2D eigenvalue weighted by Gasteiger charge is -2.23. The molecule has 0 saturated heterocycles. The van der Waals surface area contributed by atoms with Crippen molar-refractivity contribution < 1.29 is 34.2 Å². The molecule has 0 radical (unpaired) electrons. The van der Waals surface area contributed by atoms with Gasteiger partial charge in [0.05, 0.1) is 12.4 Å². The van der Waals surface area contributed by atoms with Crippen LogP contribution in [0, 0.1) is 0 Å². The molecule has 0 bridgehead atoms. The van der Waals surface area contributed by atoms with Crippen molar-refractivity contribution in [3.63, 3.8) is 0 Å². The number of unbranched alkanes of at least 4 members (excludes halogenated alkanes) is 1. The van der Waals surface area contributed by atoms with E-state index >= 15 is 0 Å². The zero-order valence-corrected chi connectivity index (χ0v) is 19.0. The predicted octanol–water partition coefficient (Wildman–Crippen LogP) is -2.17. The normalized spacial score (nSPS) is 14.3. The highest BCUT2D eigenvalue weighted by Gasteiger charge is 2.29. The molecule has 0 fully saturated rings. The first-order chi connectivity index (χ1) is 16.0. The van der Waals surface area contributed by atoms with Crippen molar-refractivity contribution in [3.8, 4) is 0 Å². The van der Waals surface area contributed by atoms with Gasteiger partial charge in [-0.2, -0.15) is 0 Å². The Labute approximate surface area is 196 Å². The van der Waals surface area contributed by atoms with Crippen molar-refractivity contribution in [1.29, 1.82) is 0 Å². The molecule has 10 N–H and O–H groups in total. The Bertz CT molecular complexity index is 831. The Balaban J connectivity index is 2.74. The molecule has 0 aromatic carbocycles. The van der Waals surface area contributed by atoms with Gasteiger partial charge in [0.25, 0.3) is 0 Å². The summed E-state index contributed by atoms with van der Waals surface area (Å²) < 4.78 is 0. The van der Waals surface area contributed by atoms with Crippen LogP contribution in [0.3, 0.4) is 0 Å². The molecule has 0 aliphatic carbocycles. The third-order valence-electron chi connectivity index (χ3n) is 4.92. The number of H-pyrrole nitrogens is 1. The molecule has 190 valence electrons. The van der Waals surface area contributed by atoms with Gasteiger partial charge in [0.1, 0.15) is 18.1 Å². The van der Waals surface area contributed by atoms with Crippen LogP contribution in [-0.2, 0) is 30.4 Å². The number of aliphatic carboxylic acids is 2. The summed E-state index contributed by atoms with van der Waals surface area (Å²) in [5, 5.41) is 25.3. The van der Waals surface area contributed by atoms with E-state index in [0.717, 1.165) is 0 Å². The van der Waals surface area contributed by atoms with Gasteiger partial charge in [0.2, 0.25) is 17.7 Å². The van der Waals surface area contributed by atoms with E-state index in [1.165, 1.54) is 19.4 Å². The second-order valence-electron chi connectivity index (χ2n) is 7.80. The highest BCUT2D eigenvalue weighted by Crippen LogP contribution is 2.05. The van der Waals surface area contributed by atoms with Gasteiger partial charge < -0.3 is 42.6 Å². The standard InChI is InChI=1S/C20H33N7O7/c1-11(25-18(31)13(22)8-12-9-23-10-24-12)17(30)26-14(4-2-3-7-21)19(32)27-15(20(33)34)5-6-16(28)29/h9-11,13-15H,2-8,21-22H2,1H3,(H,23,24)(H,25,31)(H,26,30)(H,27,32)(H,28,29)(H,33,34). The minimum Gasteiger partial charge on any atom is -0.481 e. The van der Waals surface area contributed by atoms with E-state index in [-0.39, 0.29) is 19.3 Å². The first-order valence-electron chi connectivity index (χ1n) is 10.8. The molecule has 0 aliphatic rings. The Kier molecular flexibility index (Phi) is 12.2. The van der Waals surface area contributed by atoms with Gasteiger partial charge in [-0.3, -0.25) is 19.2 Å². The van der Waals surface area contributed by atoms with E-state index < -0.39 is 60.2 Å². The first-order valence-corrected chi connectivity index (χ1v) is 10.8. The number of carbonyl (C=O) groups excluding carboxylic acids is 3. The van der Waals surface area contributed by atoms with E-state index in [4.69, 9.17) is 16.6 Å². The second-order valence-corrected chi connectivity index (χ2v) is 7.80. The van der Waals surface area contributed by atoms with Crippen LogP contribution in [0.15, 0.2) is 12.5 Å². The summed E-state index contributed by atoms with van der Waals surface area (Å²) in [6.07, 6.45) is 3.57. The fourth-order valence-electron chi connectivity index (χ4n) is 2.97. The lowest BCUT2D eigenvalue weighted by Crippen LogP contribution is -2.56. The number of hydrogen-bond acceptors (Lipinski definition) is 8. The monoisotopic (exact) mass is 483 g/mol. The SMILES string of the molecule is CC(NC(=O)C(N)Cc1cnc[nH]1)C(=O)NC(CCCCN)C(=O)NC(CCC(=O)O)C(=O)O. The fourth-order valence-corrected chi connectivity index (χ4v) is 2.97. The summed E-state index contributed by atoms with van der Waals surface area (Å²) in [5.74, 6) is -4.64. The van der Waals surface area contributed by atoms with Crippen LogP contribution >= 0.6 is 0 Å². The number of nitrogens with zero attached hydrogens (tertiary/aromatic N) is 1. The molecule has 0 saturated carbocycles. The van der Waals surface area contributed by atoms with E-state index in [0.29, 0.717) is 25.1 Å². The average molecular weight is 484 g/mol. The molecule has 0 aliphatic heterocycles. The number of carboxylic acid groups (broad SMARTS) is 2. The minimum absolute atomic E-state index is 0.167. The molecule has 1 aromatic heterocycles. The Morgan fingerprint density at radius 1 is 1.00 bits per heavy atom. The van der Waals surface area contributed by atoms with Crippen molar-refractivity contribution in [2.45, 2.75) is 69.6 Å². The molecule has 14 heteroatoms. The molecular formula is C20H33N7O7. The number of nitrogens with two attached hydrogens (primary N) is 2. The number of aromatic nitrogens is 2. The van der Waals surface area contributed by atoms with Gasteiger partial charge in [-0.1, -0.05) is 0 Å². The third kappa shape index (κ3) is 10.4. The number of carbonyl (C=O) groups is 5. The topological polar surface area (TPSA) is 243 Å². The number of hydrogen-bond donors (Lipinski definition) is 8. The lowest BCUT2D eigenvalue weighted by molar-refractivity contribution is -0.143. The second kappa shape index (κ2) is 14.6. The van der Waals surface area contributed by atoms with Crippen molar-refractivity contribution in [1.82, 2.24) is 25.9 Å². The zero-order valence-electron chi connectivity index (χ0n) is 19.0. The lowest BCUT2D eigenvalue weighted by atomic mass is 10.1. The molecule has 14 nitrogen and oxygen atoms in total. The average Bonchev–Trinajstić information content (AvgIpc) is 3.28. The molecule has 4 unspecified atom stereocenters. The van der Waals surface area contributed by atoms with Crippen LogP contribution in [-0.4, -0.2) is 80.6 Å². The van der Waals surface area contributed by atoms with Gasteiger partial charge in [0.15, 0.2) is 0 Å². The molecule has 4 atom stereocenters. The number of amides is 3. The van der Waals surface area contributed by atoms with Gasteiger partial charge in [-0.05, 0) is 39.2 Å². The number of rotatable bonds is 16. The van der Waals surface area contributed by atoms with Gasteiger partial charge in [0, 0.05) is 24.7 Å². The van der Waals surface area contributed by atoms with Crippen molar-refractivity contribution >= 4 is 29.7 Å². The predicted molar refractivity (Wildman–Crippen MR) is 119 cm³/mol. The van der Waals surface area contributed by atoms with Gasteiger partial charge in [-0.15, -0.1) is 0 Å². The Hall–Kier alpha value is -3.52. The first kappa shape index (κ1) is 28.5. The van der Waals surface area contributed by atoms with E-state index in [9.17, 15) is 29.1 Å². The van der Waals surface area contributed by atoms with E-state index in [1.807, 2.05) is 0 Å². The molecule has 3 amide bonds. The summed E-state index contributed by atoms with van der Waals surface area (Å²) in [7, 11) is 0. The van der Waals surface area contributed by atoms with Crippen LogP contribution in [0.2, 0.25) is 0 Å². The number of carboxylic acids is 2. The van der Waals surface area contributed by atoms with Gasteiger partial charge >= 0.3 is 11.9 Å². The minimum atomic E-state index is -1.44. The number of nitrogens with one attached hydrogen (secondary N) is 4. The Morgan fingerprint density at radius 3 is 2.24 bits per heavy atom. The van der Waals surface area contributed by atoms with Crippen LogP contribution in [0.25, 0.3) is 0 Å². The molecule has 1 aromatic rings. The number of aromatic amines is 1. The summed E-state index contributed by atoms with van der Waals surface area (Å²) in [5.41, 5.74) is 12.0. The van der Waals surface area contributed by atoms with E-state index in [1.54, 1.807) is 0 Å². The van der Waals surface area contributed by atoms with Crippen LogP contribution in [0.1, 0.15) is 44.7 Å². The maximum Gasteiger partial charge on any atom is 0.326 e. The third-order valence-corrected chi connectivity index (χ3v) is 4.92. The maximum absolute atomic E-state index is 12.7. The largest absolute Gasteiger partial charge is 0.481 e.